The molecule has 0 aromatic rings. The smallest absolute Gasteiger partial charge is 0.268 e. The van der Waals surface area contributed by atoms with Crippen molar-refractivity contribution in [2.45, 2.75) is 0 Å². The number of rotatable bonds is 1. The van der Waals surface area contributed by atoms with E-state index in [1.165, 1.54) is 23.9 Å². The second-order valence-corrected chi connectivity index (χ2v) is 2.94. The molecule has 1 aliphatic heterocycles. The third kappa shape index (κ3) is 2.00. The van der Waals surface area contributed by atoms with Crippen LogP contribution in [0.4, 0.5) is 0 Å². The van der Waals surface area contributed by atoms with Crippen LogP contribution in [0, 0.1) is 0 Å². The van der Waals surface area contributed by atoms with Crippen molar-refractivity contribution in [2.75, 3.05) is 18.9 Å². The highest BCUT2D eigenvalue weighted by Crippen LogP contribution is 2.14. The lowest BCUT2D eigenvalue weighted by Crippen LogP contribution is -2.31. The predicted octanol–water partition coefficient (Wildman–Crippen LogP) is 0.675. The summed E-state index contributed by atoms with van der Waals surface area (Å²) in [6.07, 6.45) is 0. The van der Waals surface area contributed by atoms with E-state index in [-0.39, 0.29) is 11.9 Å². The number of ether oxygens (including phenoxy) is 1. The molecule has 1 rings (SSSR count). The van der Waals surface area contributed by atoms with Crippen LogP contribution >= 0.6 is 23.4 Å². The molecule has 62 valence electrons. The van der Waals surface area contributed by atoms with Gasteiger partial charge in [-0.2, -0.15) is 0 Å². The first-order valence-corrected chi connectivity index (χ1v) is 4.41. The molecule has 0 unspecified atom stereocenters. The molecule has 0 fully saturated rings. The highest BCUT2D eigenvalue weighted by atomic mass is 35.5. The maximum atomic E-state index is 10.9. The summed E-state index contributed by atoms with van der Waals surface area (Å²) in [5, 5.41) is 5.46. The molecular weight excluding hydrogens is 188 g/mol. The lowest BCUT2D eigenvalue weighted by molar-refractivity contribution is -0.127. The van der Waals surface area contributed by atoms with Crippen molar-refractivity contribution >= 4 is 34.5 Å². The predicted molar refractivity (Wildman–Crippen MR) is 44.5 cm³/mol. The zero-order valence-electron chi connectivity index (χ0n) is 5.91. The summed E-state index contributed by atoms with van der Waals surface area (Å²) in [5.41, 5.74) is 0. The minimum absolute atomic E-state index is 0.0756. The van der Waals surface area contributed by atoms with Crippen LogP contribution in [0.5, 0.6) is 0 Å². The fourth-order valence-electron chi connectivity index (χ4n) is 0.574. The molecule has 1 amide bonds. The van der Waals surface area contributed by atoms with Crippen LogP contribution in [0.25, 0.3) is 0 Å². The van der Waals surface area contributed by atoms with E-state index < -0.39 is 0 Å². The summed E-state index contributed by atoms with van der Waals surface area (Å²) in [5.74, 6) is 0.255. The van der Waals surface area contributed by atoms with Gasteiger partial charge in [0.05, 0.1) is 12.9 Å². The van der Waals surface area contributed by atoms with E-state index in [9.17, 15) is 4.79 Å². The molecule has 0 saturated carbocycles. The molecule has 0 saturated heterocycles. The number of carbonyl (C=O) groups is 1. The van der Waals surface area contributed by atoms with E-state index in [0.29, 0.717) is 11.0 Å². The Balaban J connectivity index is 2.67. The lowest BCUT2D eigenvalue weighted by Gasteiger charge is -2.18. The number of nitrogens with zero attached hydrogens (tertiary/aromatic N) is 2. The third-order valence-electron chi connectivity index (χ3n) is 1.10. The van der Waals surface area contributed by atoms with Crippen LogP contribution in [0.3, 0.4) is 0 Å². The van der Waals surface area contributed by atoms with Crippen molar-refractivity contribution in [1.29, 1.82) is 0 Å². The van der Waals surface area contributed by atoms with Crippen LogP contribution in [0.1, 0.15) is 0 Å². The van der Waals surface area contributed by atoms with Gasteiger partial charge in [0, 0.05) is 0 Å². The maximum Gasteiger partial charge on any atom is 0.268 e. The number of thioether (sulfide) groups is 1. The molecule has 0 N–H and O–H groups in total. The van der Waals surface area contributed by atoms with E-state index in [4.69, 9.17) is 16.3 Å². The minimum atomic E-state index is -0.0919. The Morgan fingerprint density at radius 1 is 1.91 bits per heavy atom. The van der Waals surface area contributed by atoms with Gasteiger partial charge in [-0.3, -0.25) is 4.79 Å². The molecule has 0 aromatic heterocycles. The molecule has 0 aromatic carbocycles. The Morgan fingerprint density at radius 3 is 3.18 bits per heavy atom. The normalized spacial score (nSPS) is 18.2. The van der Waals surface area contributed by atoms with Crippen molar-refractivity contribution in [3.63, 3.8) is 0 Å². The minimum Gasteiger partial charge on any atom is -0.475 e. The summed E-state index contributed by atoms with van der Waals surface area (Å²) in [6, 6.07) is 0.0756. The summed E-state index contributed by atoms with van der Waals surface area (Å²) in [6.45, 7) is 0. The maximum absolute atomic E-state index is 10.9. The van der Waals surface area contributed by atoms with E-state index in [0.717, 1.165) is 0 Å². The van der Waals surface area contributed by atoms with Crippen LogP contribution in [-0.2, 0) is 9.53 Å². The Kier molecular flexibility index (Phi) is 3.02. The van der Waals surface area contributed by atoms with E-state index in [2.05, 4.69) is 5.10 Å². The fourth-order valence-corrected chi connectivity index (χ4v) is 1.43. The third-order valence-corrected chi connectivity index (χ3v) is 2.21. The largest absolute Gasteiger partial charge is 0.475 e. The van der Waals surface area contributed by atoms with Gasteiger partial charge in [0.1, 0.15) is 6.00 Å². The molecule has 0 atom stereocenters. The van der Waals surface area contributed by atoms with Gasteiger partial charge in [0.2, 0.25) is 0 Å². The second-order valence-electron chi connectivity index (χ2n) is 1.77. The average Bonchev–Trinajstić information content (AvgIpc) is 2.05. The molecule has 0 bridgehead atoms. The number of hydrogen-bond donors (Lipinski definition) is 0. The first kappa shape index (κ1) is 8.67. The number of hydrazone groups is 1. The van der Waals surface area contributed by atoms with E-state index >= 15 is 0 Å². The van der Waals surface area contributed by atoms with Crippen LogP contribution in [0.15, 0.2) is 5.10 Å². The van der Waals surface area contributed by atoms with E-state index in [1.807, 2.05) is 0 Å². The molecule has 1 heterocycles. The molecular formula is C5H7ClN2O2S. The molecule has 4 nitrogen and oxygen atoms in total. The number of amides is 1. The molecule has 0 aliphatic carbocycles. The Morgan fingerprint density at radius 2 is 2.64 bits per heavy atom. The highest BCUT2D eigenvalue weighted by molar-refractivity contribution is 8.14. The van der Waals surface area contributed by atoms with Crippen molar-refractivity contribution in [1.82, 2.24) is 5.01 Å². The number of halogens is 1. The van der Waals surface area contributed by atoms with Gasteiger partial charge < -0.3 is 4.74 Å². The monoisotopic (exact) mass is 194 g/mol. The zero-order valence-corrected chi connectivity index (χ0v) is 7.48. The van der Waals surface area contributed by atoms with Gasteiger partial charge in [-0.15, -0.1) is 16.7 Å². The molecule has 0 spiro atoms. The standard InChI is InChI=1S/C5H7ClN2O2S/c1-10-5-7-8(3-6)4(9)2-11-5/h2-3H2,1H3. The van der Waals surface area contributed by atoms with Gasteiger partial charge in [-0.1, -0.05) is 11.8 Å². The molecule has 11 heavy (non-hydrogen) atoms. The van der Waals surface area contributed by atoms with Gasteiger partial charge in [0.15, 0.2) is 0 Å². The Labute approximate surface area is 73.5 Å². The number of carbonyl (C=O) groups excluding carboxylic acids is 1. The first-order chi connectivity index (χ1) is 5.27. The topological polar surface area (TPSA) is 41.9 Å². The zero-order chi connectivity index (χ0) is 8.27. The van der Waals surface area contributed by atoms with Crippen LogP contribution < -0.4 is 0 Å². The van der Waals surface area contributed by atoms with Gasteiger partial charge in [-0.25, -0.2) is 5.01 Å². The van der Waals surface area contributed by atoms with Gasteiger partial charge in [-0.05, 0) is 0 Å². The van der Waals surface area contributed by atoms with E-state index in [1.54, 1.807) is 0 Å². The first-order valence-electron chi connectivity index (χ1n) is 2.89. The summed E-state index contributed by atoms with van der Waals surface area (Å²) in [4.78, 5) is 10.9. The highest BCUT2D eigenvalue weighted by Gasteiger charge is 2.20. The summed E-state index contributed by atoms with van der Waals surface area (Å²) < 4.78 is 4.83. The molecule has 6 heteroatoms. The van der Waals surface area contributed by atoms with Crippen molar-refractivity contribution in [2.24, 2.45) is 5.10 Å². The number of hydrogen-bond acceptors (Lipinski definition) is 4. The van der Waals surface area contributed by atoms with Crippen molar-refractivity contribution in [3.05, 3.63) is 0 Å². The van der Waals surface area contributed by atoms with Crippen molar-refractivity contribution in [3.8, 4) is 0 Å². The summed E-state index contributed by atoms with van der Waals surface area (Å²) >= 11 is 6.70. The average molecular weight is 195 g/mol. The summed E-state index contributed by atoms with van der Waals surface area (Å²) in [7, 11) is 1.51. The van der Waals surface area contributed by atoms with Crippen molar-refractivity contribution < 1.29 is 9.53 Å². The van der Waals surface area contributed by atoms with Gasteiger partial charge in [0.25, 0.3) is 11.1 Å². The fraction of sp³-hybridized carbons (Fsp3) is 0.600. The van der Waals surface area contributed by atoms with Crippen LogP contribution in [-0.4, -0.2) is 35.0 Å². The Hall–Kier alpha value is -0.420. The second kappa shape index (κ2) is 3.82. The van der Waals surface area contributed by atoms with Crippen LogP contribution in [0.2, 0.25) is 0 Å². The molecule has 1 aliphatic rings. The number of methoxy groups -OCH3 is 1. The quantitative estimate of drug-likeness (QED) is 0.455. The molecule has 0 radical (unpaired) electrons. The number of alkyl halides is 1. The van der Waals surface area contributed by atoms with Gasteiger partial charge >= 0.3 is 0 Å². The SMILES string of the molecule is COC1=NN(CCl)C(=O)CS1. The lowest BCUT2D eigenvalue weighted by atomic mass is 10.7. The Bertz CT molecular complexity index is 197.